The number of carbonyl (C=O) groups excluding carboxylic acids is 1. The van der Waals surface area contributed by atoms with Gasteiger partial charge in [0.05, 0.1) is 27.8 Å². The van der Waals surface area contributed by atoms with Crippen LogP contribution in [-0.4, -0.2) is 18.1 Å². The highest BCUT2D eigenvalue weighted by molar-refractivity contribution is 8.05. The van der Waals surface area contributed by atoms with Crippen LogP contribution in [0, 0.1) is 11.3 Å². The van der Waals surface area contributed by atoms with Crippen LogP contribution in [-0.2, 0) is 4.74 Å². The van der Waals surface area contributed by atoms with Crippen LogP contribution >= 0.6 is 23.1 Å². The molecule has 0 N–H and O–H groups in total. The van der Waals surface area contributed by atoms with Gasteiger partial charge in [-0.05, 0) is 48.2 Å². The lowest BCUT2D eigenvalue weighted by Gasteiger charge is -2.00. The van der Waals surface area contributed by atoms with Gasteiger partial charge in [-0.1, -0.05) is 24.3 Å². The summed E-state index contributed by atoms with van der Waals surface area (Å²) >= 11 is 2.87. The molecule has 0 atom stereocenters. The number of esters is 1. The highest BCUT2D eigenvalue weighted by Gasteiger charge is 2.10. The van der Waals surface area contributed by atoms with Crippen LogP contribution in [0.25, 0.3) is 27.6 Å². The lowest BCUT2D eigenvalue weighted by molar-refractivity contribution is 0.0600. The Balaban J connectivity index is 1.53. The summed E-state index contributed by atoms with van der Waals surface area (Å²) in [5, 5.41) is 9.51. The van der Waals surface area contributed by atoms with Crippen LogP contribution in [0.3, 0.4) is 0 Å². The van der Waals surface area contributed by atoms with Crippen molar-refractivity contribution < 1.29 is 13.9 Å². The third kappa shape index (κ3) is 4.24. The van der Waals surface area contributed by atoms with Gasteiger partial charge in [0.2, 0.25) is 0 Å². The molecule has 0 saturated carbocycles. The molecule has 7 heteroatoms. The molecule has 2 aromatic carbocycles. The van der Waals surface area contributed by atoms with Gasteiger partial charge < -0.3 is 9.15 Å². The highest BCUT2D eigenvalue weighted by Crippen LogP contribution is 2.35. The van der Waals surface area contributed by atoms with Gasteiger partial charge in [0.15, 0.2) is 4.34 Å². The summed E-state index contributed by atoms with van der Waals surface area (Å²) in [6.45, 7) is 0. The van der Waals surface area contributed by atoms with Crippen molar-refractivity contribution in [2.45, 2.75) is 4.34 Å². The number of carbonyl (C=O) groups is 1. The fourth-order valence-corrected chi connectivity index (χ4v) is 4.63. The Morgan fingerprint density at radius 2 is 1.97 bits per heavy atom. The lowest BCUT2D eigenvalue weighted by Crippen LogP contribution is -2.00. The Morgan fingerprint density at radius 3 is 2.69 bits per heavy atom. The zero-order valence-electron chi connectivity index (χ0n) is 15.3. The number of ether oxygens (including phenoxy) is 1. The molecule has 0 aliphatic rings. The molecule has 5 nitrogen and oxygen atoms in total. The van der Waals surface area contributed by atoms with Gasteiger partial charge in [-0.3, -0.25) is 0 Å². The molecule has 4 aromatic rings. The fourth-order valence-electron chi connectivity index (χ4n) is 2.68. The predicted molar refractivity (Wildman–Crippen MR) is 115 cm³/mol. The van der Waals surface area contributed by atoms with E-state index in [1.54, 1.807) is 47.7 Å². The second kappa shape index (κ2) is 8.35. The normalized spacial score (nSPS) is 11.4. The van der Waals surface area contributed by atoms with E-state index < -0.39 is 0 Å². The molecule has 0 saturated heterocycles. The summed E-state index contributed by atoms with van der Waals surface area (Å²) in [6.07, 6.45) is 1.70. The third-order valence-corrected chi connectivity index (χ3v) is 6.10. The maximum atomic E-state index is 11.5. The highest BCUT2D eigenvalue weighted by atomic mass is 32.2. The average molecular weight is 418 g/mol. The summed E-state index contributed by atoms with van der Waals surface area (Å²) in [5.74, 6) is 0.835. The average Bonchev–Trinajstić information content (AvgIpc) is 3.39. The Labute approximate surface area is 175 Å². The van der Waals surface area contributed by atoms with Crippen molar-refractivity contribution in [2.75, 3.05) is 7.11 Å². The minimum atomic E-state index is -0.384. The lowest BCUT2D eigenvalue weighted by atomic mass is 10.1. The molecule has 0 unspecified atom stereocenters. The zero-order valence-corrected chi connectivity index (χ0v) is 16.9. The van der Waals surface area contributed by atoms with Gasteiger partial charge in [-0.25, -0.2) is 9.78 Å². The second-order valence-electron chi connectivity index (χ2n) is 5.94. The number of para-hydroxylation sites is 1. The monoisotopic (exact) mass is 418 g/mol. The number of hydrogen-bond donors (Lipinski definition) is 0. The fraction of sp³-hybridized carbons (Fsp3) is 0.0455. The minimum absolute atomic E-state index is 0.384. The Bertz CT molecular complexity index is 1210. The van der Waals surface area contributed by atoms with Crippen molar-refractivity contribution >= 4 is 45.4 Å². The van der Waals surface area contributed by atoms with Crippen molar-refractivity contribution in [3.8, 4) is 17.4 Å². The van der Waals surface area contributed by atoms with E-state index in [0.717, 1.165) is 20.1 Å². The van der Waals surface area contributed by atoms with Gasteiger partial charge in [0.25, 0.3) is 0 Å². The van der Waals surface area contributed by atoms with Gasteiger partial charge in [0, 0.05) is 11.6 Å². The van der Waals surface area contributed by atoms with E-state index in [1.165, 1.54) is 18.9 Å². The van der Waals surface area contributed by atoms with Crippen molar-refractivity contribution in [3.05, 3.63) is 76.9 Å². The first kappa shape index (κ1) is 19.0. The van der Waals surface area contributed by atoms with E-state index in [0.29, 0.717) is 22.0 Å². The topological polar surface area (TPSA) is 76.1 Å². The molecule has 2 heterocycles. The molecule has 0 amide bonds. The number of fused-ring (bicyclic) bond motifs is 1. The van der Waals surface area contributed by atoms with Crippen LogP contribution in [0.4, 0.5) is 0 Å². The van der Waals surface area contributed by atoms with E-state index in [-0.39, 0.29) is 5.97 Å². The van der Waals surface area contributed by atoms with Crippen LogP contribution in [0.2, 0.25) is 0 Å². The molecule has 0 aliphatic heterocycles. The molecule has 142 valence electrons. The van der Waals surface area contributed by atoms with E-state index in [1.807, 2.05) is 30.3 Å². The Kier molecular flexibility index (Phi) is 5.47. The molecule has 4 rings (SSSR count). The standard InChI is InChI=1S/C22H14N2O3S2/c1-26-21(25)15-8-6-14(7-9-15)19-11-10-16(27-19)12-17(13-23)28-22-24-18-4-2-3-5-20(18)29-22/h2-12H,1H3/b17-12+. The van der Waals surface area contributed by atoms with Gasteiger partial charge in [-0.2, -0.15) is 5.26 Å². The molecular formula is C22H14N2O3S2. The molecule has 0 fully saturated rings. The van der Waals surface area contributed by atoms with Gasteiger partial charge >= 0.3 is 5.97 Å². The second-order valence-corrected chi connectivity index (χ2v) is 8.26. The smallest absolute Gasteiger partial charge is 0.337 e. The number of benzene rings is 2. The number of hydrogen-bond acceptors (Lipinski definition) is 7. The van der Waals surface area contributed by atoms with Crippen molar-refractivity contribution in [3.63, 3.8) is 0 Å². The number of thioether (sulfide) groups is 1. The van der Waals surface area contributed by atoms with Crippen LogP contribution < -0.4 is 0 Å². The first-order valence-corrected chi connectivity index (χ1v) is 10.2. The molecule has 0 spiro atoms. The van der Waals surface area contributed by atoms with Crippen LogP contribution in [0.5, 0.6) is 0 Å². The van der Waals surface area contributed by atoms with Crippen molar-refractivity contribution in [1.29, 1.82) is 5.26 Å². The number of aromatic nitrogens is 1. The number of nitriles is 1. The van der Waals surface area contributed by atoms with E-state index >= 15 is 0 Å². The Morgan fingerprint density at radius 1 is 1.17 bits per heavy atom. The molecule has 0 aliphatic carbocycles. The molecule has 2 aromatic heterocycles. The minimum Gasteiger partial charge on any atom is -0.465 e. The van der Waals surface area contributed by atoms with Gasteiger partial charge in [0.1, 0.15) is 17.6 Å². The quantitative estimate of drug-likeness (QED) is 0.225. The summed E-state index contributed by atoms with van der Waals surface area (Å²) in [5.41, 5.74) is 2.23. The van der Waals surface area contributed by atoms with E-state index in [2.05, 4.69) is 11.1 Å². The molecule has 29 heavy (non-hydrogen) atoms. The number of thiazole rings is 1. The van der Waals surface area contributed by atoms with Crippen molar-refractivity contribution in [2.24, 2.45) is 0 Å². The van der Waals surface area contributed by atoms with E-state index in [9.17, 15) is 10.1 Å². The summed E-state index contributed by atoms with van der Waals surface area (Å²) < 4.78 is 12.4. The third-order valence-electron chi connectivity index (χ3n) is 4.07. The SMILES string of the molecule is COC(=O)c1ccc(-c2ccc(/C=C(\C#N)Sc3nc4ccccc4s3)o2)cc1. The maximum Gasteiger partial charge on any atom is 0.337 e. The van der Waals surface area contributed by atoms with Crippen molar-refractivity contribution in [1.82, 2.24) is 4.98 Å². The number of rotatable bonds is 5. The summed E-state index contributed by atoms with van der Waals surface area (Å²) in [6, 6.07) is 20.7. The first-order valence-electron chi connectivity index (χ1n) is 8.60. The van der Waals surface area contributed by atoms with Gasteiger partial charge in [-0.15, -0.1) is 11.3 Å². The summed E-state index contributed by atoms with van der Waals surface area (Å²) in [7, 11) is 1.35. The molecular weight excluding hydrogens is 404 g/mol. The van der Waals surface area contributed by atoms with E-state index in [4.69, 9.17) is 9.15 Å². The number of methoxy groups -OCH3 is 1. The molecule has 0 bridgehead atoms. The number of furan rings is 1. The predicted octanol–water partition coefficient (Wildman–Crippen LogP) is 6.00. The number of nitrogens with zero attached hydrogens (tertiary/aromatic N) is 2. The number of allylic oxidation sites excluding steroid dienone is 1. The summed E-state index contributed by atoms with van der Waals surface area (Å²) in [4.78, 5) is 16.6. The maximum absolute atomic E-state index is 11.5. The molecule has 0 radical (unpaired) electrons. The largest absolute Gasteiger partial charge is 0.465 e. The first-order chi connectivity index (χ1) is 14.2. The van der Waals surface area contributed by atoms with Crippen LogP contribution in [0.1, 0.15) is 16.1 Å². The zero-order chi connectivity index (χ0) is 20.2. The Hall–Kier alpha value is -3.34. The van der Waals surface area contributed by atoms with Crippen LogP contribution in [0.15, 0.2) is 74.3 Å².